The molecule has 0 aliphatic rings. The largest absolute Gasteiger partial charge is 0.480 e. The van der Waals surface area contributed by atoms with Crippen LogP contribution < -0.4 is 21.7 Å². The van der Waals surface area contributed by atoms with Crippen molar-refractivity contribution in [1.82, 2.24) is 20.9 Å². The highest BCUT2D eigenvalue weighted by atomic mass is 16.4. The highest BCUT2D eigenvalue weighted by Gasteiger charge is 2.31. The van der Waals surface area contributed by atoms with Crippen molar-refractivity contribution < 1.29 is 29.4 Å². The van der Waals surface area contributed by atoms with Crippen LogP contribution >= 0.6 is 0 Å². The minimum Gasteiger partial charge on any atom is -0.480 e. The Morgan fingerprint density at radius 3 is 2.27 bits per heavy atom. The molecule has 4 atom stereocenters. The number of carboxylic acids is 1. The lowest BCUT2D eigenvalue weighted by molar-refractivity contribution is -0.145. The van der Waals surface area contributed by atoms with Gasteiger partial charge in [-0.05, 0) is 56.3 Å². The summed E-state index contributed by atoms with van der Waals surface area (Å²) >= 11 is 0. The maximum Gasteiger partial charge on any atom is 0.328 e. The number of carbonyl (C=O) groups excluding carboxylic acids is 3. The maximum absolute atomic E-state index is 13.6. The molecule has 0 aliphatic heterocycles. The summed E-state index contributed by atoms with van der Waals surface area (Å²) in [5.74, 6) is -3.05. The first-order valence-electron chi connectivity index (χ1n) is 13.8. The molecule has 11 heteroatoms. The number of nitrogens with two attached hydrogens (primary N) is 1. The van der Waals surface area contributed by atoms with Crippen molar-refractivity contribution in [2.45, 2.75) is 69.7 Å². The lowest BCUT2D eigenvalue weighted by Crippen LogP contribution is -2.57. The molecule has 1 heterocycles. The Kier molecular flexibility index (Phi) is 11.9. The fraction of sp³-hybridized carbons (Fsp3) is 0.400. The number of hydrogen-bond donors (Lipinski definition) is 7. The van der Waals surface area contributed by atoms with Crippen LogP contribution in [0.25, 0.3) is 10.9 Å². The van der Waals surface area contributed by atoms with Crippen LogP contribution in [0, 0.1) is 0 Å². The first kappa shape index (κ1) is 31.3. The van der Waals surface area contributed by atoms with Gasteiger partial charge in [-0.2, -0.15) is 0 Å². The van der Waals surface area contributed by atoms with Crippen LogP contribution in [0.3, 0.4) is 0 Å². The van der Waals surface area contributed by atoms with Gasteiger partial charge >= 0.3 is 5.97 Å². The number of aryl methyl sites for hydroxylation is 1. The van der Waals surface area contributed by atoms with Gasteiger partial charge in [-0.25, -0.2) is 4.79 Å². The van der Waals surface area contributed by atoms with Gasteiger partial charge in [0.1, 0.15) is 12.1 Å². The van der Waals surface area contributed by atoms with E-state index in [1.54, 1.807) is 6.20 Å². The number of carboxylic acid groups (broad SMARTS) is 1. The average Bonchev–Trinajstić information content (AvgIpc) is 3.36. The summed E-state index contributed by atoms with van der Waals surface area (Å²) in [6.45, 7) is 1.64. The van der Waals surface area contributed by atoms with Gasteiger partial charge in [0, 0.05) is 29.9 Å². The van der Waals surface area contributed by atoms with E-state index in [9.17, 15) is 29.4 Å². The molecule has 0 saturated carbocycles. The summed E-state index contributed by atoms with van der Waals surface area (Å²) in [6, 6.07) is 13.5. The van der Waals surface area contributed by atoms with Crippen LogP contribution in [0.5, 0.6) is 0 Å². The quantitative estimate of drug-likeness (QED) is 0.128. The number of carbonyl (C=O) groups is 4. The number of nitrogens with one attached hydrogen (secondary N) is 4. The normalized spacial score (nSPS) is 14.0. The van der Waals surface area contributed by atoms with Crippen LogP contribution in [0.15, 0.2) is 60.8 Å². The van der Waals surface area contributed by atoms with E-state index in [4.69, 9.17) is 5.73 Å². The Bertz CT molecular complexity index is 1310. The van der Waals surface area contributed by atoms with E-state index in [1.165, 1.54) is 6.92 Å². The third-order valence-electron chi connectivity index (χ3n) is 6.86. The van der Waals surface area contributed by atoms with E-state index in [0.717, 1.165) is 22.0 Å². The number of H-pyrrole nitrogens is 1. The molecule has 3 aromatic rings. The van der Waals surface area contributed by atoms with Gasteiger partial charge in [0.25, 0.3) is 0 Å². The zero-order valence-corrected chi connectivity index (χ0v) is 23.1. The van der Waals surface area contributed by atoms with Gasteiger partial charge in [0.2, 0.25) is 17.7 Å². The van der Waals surface area contributed by atoms with E-state index >= 15 is 0 Å². The smallest absolute Gasteiger partial charge is 0.328 e. The number of benzene rings is 2. The molecule has 41 heavy (non-hydrogen) atoms. The van der Waals surface area contributed by atoms with E-state index in [1.807, 2.05) is 54.6 Å². The number of hydrogen-bond acceptors (Lipinski definition) is 6. The first-order chi connectivity index (χ1) is 19.7. The molecule has 3 amide bonds. The molecule has 2 aromatic carbocycles. The second-order valence-electron chi connectivity index (χ2n) is 10.1. The predicted molar refractivity (Wildman–Crippen MR) is 155 cm³/mol. The second-order valence-corrected chi connectivity index (χ2v) is 10.1. The number of aromatic nitrogens is 1. The van der Waals surface area contributed by atoms with Crippen molar-refractivity contribution in [3.05, 3.63) is 71.9 Å². The summed E-state index contributed by atoms with van der Waals surface area (Å²) in [7, 11) is 0. The molecular formula is C30H39N5O6. The molecule has 0 fully saturated rings. The number of aliphatic hydroxyl groups is 1. The number of unbranched alkanes of at least 4 members (excludes halogenated alkanes) is 1. The van der Waals surface area contributed by atoms with Gasteiger partial charge in [-0.3, -0.25) is 14.4 Å². The standard InChI is InChI=1S/C30H39N5O6/c1-19(36)27(30(40)41)35-28(38)24(13-7-8-16-31)34-29(39)25(17-21-18-32-23-12-6-5-11-22(21)23)33-26(37)15-14-20-9-3-2-4-10-20/h2-6,9-12,18-19,24-25,27,32,36H,7-8,13-17,31H2,1H3,(H,33,37)(H,34,39)(H,35,38)(H,40,41)/t19?,24-,25+,27-/m0/s1. The number of rotatable bonds is 16. The van der Waals surface area contributed by atoms with Crippen LogP contribution in [-0.4, -0.2) is 69.7 Å². The Balaban J connectivity index is 1.79. The number of fused-ring (bicyclic) bond motifs is 1. The Hall–Kier alpha value is -4.22. The molecule has 0 bridgehead atoms. The van der Waals surface area contributed by atoms with Gasteiger partial charge in [0.15, 0.2) is 6.04 Å². The van der Waals surface area contributed by atoms with Gasteiger partial charge < -0.3 is 36.9 Å². The van der Waals surface area contributed by atoms with Crippen molar-refractivity contribution >= 4 is 34.6 Å². The summed E-state index contributed by atoms with van der Waals surface area (Å²) in [5, 5.41) is 28.0. The van der Waals surface area contributed by atoms with Crippen molar-refractivity contribution in [3.63, 3.8) is 0 Å². The molecular weight excluding hydrogens is 526 g/mol. The Labute approximate surface area is 238 Å². The van der Waals surface area contributed by atoms with Crippen molar-refractivity contribution in [2.24, 2.45) is 5.73 Å². The van der Waals surface area contributed by atoms with Gasteiger partial charge in [-0.1, -0.05) is 48.5 Å². The molecule has 1 unspecified atom stereocenters. The lowest BCUT2D eigenvalue weighted by Gasteiger charge is -2.25. The number of aliphatic carboxylic acids is 1. The van der Waals surface area contributed by atoms with Crippen molar-refractivity contribution in [3.8, 4) is 0 Å². The fourth-order valence-corrected chi connectivity index (χ4v) is 4.58. The fourth-order valence-electron chi connectivity index (χ4n) is 4.58. The highest BCUT2D eigenvalue weighted by Crippen LogP contribution is 2.19. The summed E-state index contributed by atoms with van der Waals surface area (Å²) in [4.78, 5) is 54.3. The van der Waals surface area contributed by atoms with Crippen LogP contribution in [-0.2, 0) is 32.0 Å². The van der Waals surface area contributed by atoms with E-state index in [0.29, 0.717) is 25.8 Å². The lowest BCUT2D eigenvalue weighted by atomic mass is 10.0. The van der Waals surface area contributed by atoms with Crippen LogP contribution in [0.1, 0.15) is 43.7 Å². The summed E-state index contributed by atoms with van der Waals surface area (Å²) in [5.41, 5.74) is 8.28. The summed E-state index contributed by atoms with van der Waals surface area (Å²) in [6.07, 6.45) is 2.54. The molecule has 11 nitrogen and oxygen atoms in total. The monoisotopic (exact) mass is 565 g/mol. The third kappa shape index (κ3) is 9.44. The molecule has 0 aliphatic carbocycles. The SMILES string of the molecule is CC(O)[C@H](NC(=O)[C@H](CCCCN)NC(=O)[C@@H](Cc1c[nH]c2ccccc12)NC(=O)CCc1ccccc1)C(=O)O. The molecule has 0 radical (unpaired) electrons. The van der Waals surface area contributed by atoms with Crippen molar-refractivity contribution in [1.29, 1.82) is 0 Å². The highest BCUT2D eigenvalue weighted by molar-refractivity contribution is 5.94. The van der Waals surface area contributed by atoms with Crippen LogP contribution in [0.4, 0.5) is 0 Å². The molecule has 1 aromatic heterocycles. The molecule has 3 rings (SSSR count). The summed E-state index contributed by atoms with van der Waals surface area (Å²) < 4.78 is 0. The van der Waals surface area contributed by atoms with E-state index in [-0.39, 0.29) is 25.2 Å². The van der Waals surface area contributed by atoms with Gasteiger partial charge in [0.05, 0.1) is 6.10 Å². The number of amides is 3. The maximum atomic E-state index is 13.6. The zero-order chi connectivity index (χ0) is 29.8. The molecule has 220 valence electrons. The Morgan fingerprint density at radius 2 is 1.59 bits per heavy atom. The minimum absolute atomic E-state index is 0.162. The third-order valence-corrected chi connectivity index (χ3v) is 6.86. The van der Waals surface area contributed by atoms with E-state index < -0.39 is 42.0 Å². The number of aromatic amines is 1. The second kappa shape index (κ2) is 15.5. The number of aliphatic hydroxyl groups excluding tert-OH is 1. The predicted octanol–water partition coefficient (Wildman–Crippen LogP) is 1.39. The minimum atomic E-state index is -1.55. The van der Waals surface area contributed by atoms with Crippen LogP contribution in [0.2, 0.25) is 0 Å². The topological polar surface area (TPSA) is 187 Å². The molecule has 0 spiro atoms. The molecule has 0 saturated heterocycles. The van der Waals surface area contributed by atoms with E-state index in [2.05, 4.69) is 20.9 Å². The average molecular weight is 566 g/mol. The Morgan fingerprint density at radius 1 is 0.902 bits per heavy atom. The van der Waals surface area contributed by atoms with Gasteiger partial charge in [-0.15, -0.1) is 0 Å². The molecule has 8 N–H and O–H groups in total. The number of para-hydroxylation sites is 1. The zero-order valence-electron chi connectivity index (χ0n) is 23.1. The first-order valence-corrected chi connectivity index (χ1v) is 13.8. The van der Waals surface area contributed by atoms with Crippen molar-refractivity contribution in [2.75, 3.05) is 6.54 Å².